The van der Waals surface area contributed by atoms with Crippen LogP contribution in [-0.4, -0.2) is 11.7 Å². The number of hydrogen-bond acceptors (Lipinski definition) is 3. The van der Waals surface area contributed by atoms with Crippen LogP contribution in [0.2, 0.25) is 0 Å². The second-order valence-electron chi connectivity index (χ2n) is 5.21. The first kappa shape index (κ1) is 13.7. The van der Waals surface area contributed by atoms with Crippen molar-refractivity contribution in [3.8, 4) is 5.75 Å². The molecule has 108 valence electrons. The number of rotatable bonds is 4. The van der Waals surface area contributed by atoms with Gasteiger partial charge in [-0.25, -0.2) is 0 Å². The smallest absolute Gasteiger partial charge is 0.145 e. The van der Waals surface area contributed by atoms with Crippen molar-refractivity contribution in [2.45, 2.75) is 20.0 Å². The Morgan fingerprint density at radius 3 is 2.71 bits per heavy atom. The van der Waals surface area contributed by atoms with Crippen LogP contribution in [0.3, 0.4) is 0 Å². The first-order chi connectivity index (χ1) is 10.1. The van der Waals surface area contributed by atoms with Gasteiger partial charge in [0, 0.05) is 5.39 Å². The van der Waals surface area contributed by atoms with E-state index in [4.69, 9.17) is 9.15 Å². The molecule has 0 bridgehead atoms. The highest BCUT2D eigenvalue weighted by Gasteiger charge is 2.14. The number of furan rings is 1. The first-order valence-electron chi connectivity index (χ1n) is 7.00. The van der Waals surface area contributed by atoms with Crippen LogP contribution in [0.15, 0.2) is 52.9 Å². The zero-order valence-electron chi connectivity index (χ0n) is 12.2. The number of aliphatic hydroxyl groups excluding tert-OH is 1. The van der Waals surface area contributed by atoms with Crippen LogP contribution < -0.4 is 4.74 Å². The molecule has 0 aliphatic carbocycles. The number of benzene rings is 2. The molecule has 3 aromatic rings. The molecule has 0 aliphatic heterocycles. The maximum atomic E-state index is 10.2. The Morgan fingerprint density at radius 1 is 1.10 bits per heavy atom. The monoisotopic (exact) mass is 282 g/mol. The lowest BCUT2D eigenvalue weighted by molar-refractivity contribution is 0.0900. The summed E-state index contributed by atoms with van der Waals surface area (Å²) in [5.74, 6) is 1.33. The summed E-state index contributed by atoms with van der Waals surface area (Å²) in [4.78, 5) is 0. The van der Waals surface area contributed by atoms with Gasteiger partial charge in [0.2, 0.25) is 0 Å². The fourth-order valence-electron chi connectivity index (χ4n) is 2.30. The van der Waals surface area contributed by atoms with Gasteiger partial charge in [0.25, 0.3) is 0 Å². The highest BCUT2D eigenvalue weighted by Crippen LogP contribution is 2.26. The summed E-state index contributed by atoms with van der Waals surface area (Å²) in [6.45, 7) is 4.22. The van der Waals surface area contributed by atoms with E-state index in [1.165, 1.54) is 5.56 Å². The molecule has 0 fully saturated rings. The molecule has 1 N–H and O–H groups in total. The Hall–Kier alpha value is -2.26. The SMILES string of the molecule is Cc1cccc(OCC(O)c2cc3ccccc3o2)c1C. The molecule has 3 rings (SSSR count). The van der Waals surface area contributed by atoms with Gasteiger partial charge in [-0.15, -0.1) is 0 Å². The molecule has 1 unspecified atom stereocenters. The van der Waals surface area contributed by atoms with Gasteiger partial charge >= 0.3 is 0 Å². The average molecular weight is 282 g/mol. The maximum Gasteiger partial charge on any atom is 0.145 e. The summed E-state index contributed by atoms with van der Waals surface area (Å²) in [6.07, 6.45) is -0.780. The van der Waals surface area contributed by atoms with Crippen molar-refractivity contribution >= 4 is 11.0 Å². The zero-order valence-corrected chi connectivity index (χ0v) is 12.2. The van der Waals surface area contributed by atoms with Crippen molar-refractivity contribution in [1.82, 2.24) is 0 Å². The van der Waals surface area contributed by atoms with Crippen molar-refractivity contribution in [3.63, 3.8) is 0 Å². The molecule has 0 saturated heterocycles. The molecule has 0 saturated carbocycles. The number of hydrogen-bond donors (Lipinski definition) is 1. The van der Waals surface area contributed by atoms with Gasteiger partial charge in [0.05, 0.1) is 0 Å². The van der Waals surface area contributed by atoms with Gasteiger partial charge < -0.3 is 14.3 Å². The predicted molar refractivity (Wildman–Crippen MR) is 82.6 cm³/mol. The fourth-order valence-corrected chi connectivity index (χ4v) is 2.30. The number of aryl methyl sites for hydroxylation is 1. The van der Waals surface area contributed by atoms with Crippen LogP contribution in [0.5, 0.6) is 5.75 Å². The van der Waals surface area contributed by atoms with Crippen LogP contribution in [0, 0.1) is 13.8 Å². The van der Waals surface area contributed by atoms with Crippen molar-refractivity contribution in [1.29, 1.82) is 0 Å². The van der Waals surface area contributed by atoms with E-state index in [9.17, 15) is 5.11 Å². The molecule has 1 aromatic heterocycles. The fraction of sp³-hybridized carbons (Fsp3) is 0.222. The predicted octanol–water partition coefficient (Wildman–Crippen LogP) is 4.16. The van der Waals surface area contributed by atoms with E-state index in [1.807, 2.05) is 62.4 Å². The van der Waals surface area contributed by atoms with Crippen LogP contribution in [-0.2, 0) is 0 Å². The Morgan fingerprint density at radius 2 is 1.90 bits per heavy atom. The molecule has 0 amide bonds. The molecule has 0 spiro atoms. The van der Waals surface area contributed by atoms with Gasteiger partial charge in [-0.2, -0.15) is 0 Å². The summed E-state index contributed by atoms with van der Waals surface area (Å²) < 4.78 is 11.4. The molecular weight excluding hydrogens is 264 g/mol. The van der Waals surface area contributed by atoms with Crippen LogP contribution in [0.1, 0.15) is 23.0 Å². The van der Waals surface area contributed by atoms with E-state index in [0.29, 0.717) is 5.76 Å². The zero-order chi connectivity index (χ0) is 14.8. The first-order valence-corrected chi connectivity index (χ1v) is 7.00. The summed E-state index contributed by atoms with van der Waals surface area (Å²) in [5, 5.41) is 11.2. The number of fused-ring (bicyclic) bond motifs is 1. The lowest BCUT2D eigenvalue weighted by Gasteiger charge is -2.13. The van der Waals surface area contributed by atoms with Crippen molar-refractivity contribution < 1.29 is 14.3 Å². The van der Waals surface area contributed by atoms with Gasteiger partial charge in [0.15, 0.2) is 0 Å². The maximum absolute atomic E-state index is 10.2. The summed E-state index contributed by atoms with van der Waals surface area (Å²) >= 11 is 0. The minimum absolute atomic E-state index is 0.171. The third kappa shape index (κ3) is 2.78. The van der Waals surface area contributed by atoms with Crippen molar-refractivity contribution in [3.05, 3.63) is 65.4 Å². The number of ether oxygens (including phenoxy) is 1. The van der Waals surface area contributed by atoms with E-state index in [-0.39, 0.29) is 6.61 Å². The third-order valence-electron chi connectivity index (χ3n) is 3.72. The lowest BCUT2D eigenvalue weighted by Crippen LogP contribution is -2.09. The van der Waals surface area contributed by atoms with Gasteiger partial charge in [-0.05, 0) is 43.2 Å². The molecular formula is C18H18O3. The lowest BCUT2D eigenvalue weighted by atomic mass is 10.1. The number of para-hydroxylation sites is 1. The Labute approximate surface area is 123 Å². The van der Waals surface area contributed by atoms with E-state index in [2.05, 4.69) is 0 Å². The molecule has 2 aromatic carbocycles. The molecule has 0 aliphatic rings. The highest BCUT2D eigenvalue weighted by molar-refractivity contribution is 5.77. The van der Waals surface area contributed by atoms with Crippen LogP contribution >= 0.6 is 0 Å². The average Bonchev–Trinajstić information content (AvgIpc) is 2.92. The molecule has 3 nitrogen and oxygen atoms in total. The molecule has 21 heavy (non-hydrogen) atoms. The quantitative estimate of drug-likeness (QED) is 0.781. The molecule has 3 heteroatoms. The van der Waals surface area contributed by atoms with Crippen molar-refractivity contribution in [2.24, 2.45) is 0 Å². The minimum atomic E-state index is -0.780. The Bertz CT molecular complexity index is 725. The van der Waals surface area contributed by atoms with Gasteiger partial charge in [-0.1, -0.05) is 30.3 Å². The minimum Gasteiger partial charge on any atom is -0.490 e. The second-order valence-corrected chi connectivity index (χ2v) is 5.21. The van der Waals surface area contributed by atoms with E-state index in [0.717, 1.165) is 22.3 Å². The Balaban J connectivity index is 1.74. The summed E-state index contributed by atoms with van der Waals surface area (Å²) in [5.41, 5.74) is 3.04. The van der Waals surface area contributed by atoms with Crippen LogP contribution in [0.4, 0.5) is 0 Å². The topological polar surface area (TPSA) is 42.6 Å². The highest BCUT2D eigenvalue weighted by atomic mass is 16.5. The van der Waals surface area contributed by atoms with Crippen LogP contribution in [0.25, 0.3) is 11.0 Å². The summed E-state index contributed by atoms with van der Waals surface area (Å²) in [7, 11) is 0. The molecule has 0 radical (unpaired) electrons. The third-order valence-corrected chi connectivity index (χ3v) is 3.72. The standard InChI is InChI=1S/C18H18O3/c1-12-6-5-9-16(13(12)2)20-11-15(19)18-10-14-7-3-4-8-17(14)21-18/h3-10,15,19H,11H2,1-2H3. The second kappa shape index (κ2) is 5.62. The van der Waals surface area contributed by atoms with Gasteiger partial charge in [0.1, 0.15) is 29.8 Å². The Kier molecular flexibility index (Phi) is 3.67. The van der Waals surface area contributed by atoms with E-state index >= 15 is 0 Å². The van der Waals surface area contributed by atoms with Crippen molar-refractivity contribution in [2.75, 3.05) is 6.61 Å². The summed E-state index contributed by atoms with van der Waals surface area (Å²) in [6, 6.07) is 15.5. The van der Waals surface area contributed by atoms with E-state index < -0.39 is 6.10 Å². The van der Waals surface area contributed by atoms with Gasteiger partial charge in [-0.3, -0.25) is 0 Å². The molecule has 1 atom stereocenters. The van der Waals surface area contributed by atoms with E-state index in [1.54, 1.807) is 0 Å². The largest absolute Gasteiger partial charge is 0.490 e. The molecule has 1 heterocycles. The number of aliphatic hydroxyl groups is 1. The normalized spacial score (nSPS) is 12.5.